The van der Waals surface area contributed by atoms with Crippen LogP contribution in [0.15, 0.2) is 72.9 Å². The van der Waals surface area contributed by atoms with Crippen molar-refractivity contribution >= 4 is 11.8 Å². The lowest BCUT2D eigenvalue weighted by Gasteiger charge is -2.54. The molecule has 36 heavy (non-hydrogen) atoms. The van der Waals surface area contributed by atoms with Crippen molar-refractivity contribution in [1.29, 1.82) is 0 Å². The van der Waals surface area contributed by atoms with E-state index in [2.05, 4.69) is 40.2 Å². The lowest BCUT2D eigenvalue weighted by atomic mass is 9.72. The predicted octanol–water partition coefficient (Wildman–Crippen LogP) is 6.16. The van der Waals surface area contributed by atoms with Gasteiger partial charge in [-0.15, -0.1) is 0 Å². The molecule has 0 atom stereocenters. The highest BCUT2D eigenvalue weighted by molar-refractivity contribution is 5.69. The van der Waals surface area contributed by atoms with Crippen molar-refractivity contribution in [3.05, 3.63) is 78.5 Å². The summed E-state index contributed by atoms with van der Waals surface area (Å²) in [4.78, 5) is 21.1. The zero-order chi connectivity index (χ0) is 25.2. The van der Waals surface area contributed by atoms with Gasteiger partial charge in [0.2, 0.25) is 5.88 Å². The molecule has 5 rings (SSSR count). The second-order valence-electron chi connectivity index (χ2n) is 11.0. The molecule has 1 spiro atoms. The number of carbonyl (C=O) groups is 1. The number of aromatic nitrogens is 1. The molecule has 0 saturated carbocycles. The Morgan fingerprint density at radius 1 is 0.917 bits per heavy atom. The number of carbonyl (C=O) groups excluding carboxylic acids is 1. The topological polar surface area (TPSA) is 54.9 Å². The number of amides is 1. The van der Waals surface area contributed by atoms with Gasteiger partial charge in [0, 0.05) is 55.1 Å². The van der Waals surface area contributed by atoms with E-state index in [9.17, 15) is 4.79 Å². The second kappa shape index (κ2) is 9.84. The molecule has 3 heterocycles. The maximum absolute atomic E-state index is 12.3. The Hall–Kier alpha value is -3.54. The van der Waals surface area contributed by atoms with Crippen molar-refractivity contribution in [3.8, 4) is 17.0 Å². The van der Waals surface area contributed by atoms with Crippen LogP contribution >= 0.6 is 0 Å². The van der Waals surface area contributed by atoms with E-state index in [-0.39, 0.29) is 11.5 Å². The van der Waals surface area contributed by atoms with Gasteiger partial charge in [0.1, 0.15) is 12.2 Å². The molecular formula is C30H35N3O3. The Kier molecular flexibility index (Phi) is 6.61. The first-order valence-corrected chi connectivity index (χ1v) is 12.7. The molecule has 188 valence electrons. The van der Waals surface area contributed by atoms with Gasteiger partial charge in [-0.2, -0.15) is 0 Å². The average molecular weight is 486 g/mol. The van der Waals surface area contributed by atoms with Crippen molar-refractivity contribution in [2.45, 2.75) is 45.8 Å². The molecule has 3 aromatic rings. The van der Waals surface area contributed by atoms with Crippen LogP contribution in [0, 0.1) is 5.41 Å². The molecule has 1 amide bonds. The normalized spacial score (nSPS) is 17.0. The largest absolute Gasteiger partial charge is 0.473 e. The number of piperidine rings is 1. The van der Waals surface area contributed by atoms with Gasteiger partial charge in [-0.25, -0.2) is 9.78 Å². The summed E-state index contributed by atoms with van der Waals surface area (Å²) < 4.78 is 11.3. The van der Waals surface area contributed by atoms with Crippen molar-refractivity contribution in [2.75, 3.05) is 31.1 Å². The molecule has 1 aromatic heterocycles. The van der Waals surface area contributed by atoms with Crippen LogP contribution in [0.5, 0.6) is 5.88 Å². The number of pyridine rings is 1. The van der Waals surface area contributed by atoms with E-state index in [0.29, 0.717) is 12.5 Å². The first-order chi connectivity index (χ1) is 17.3. The van der Waals surface area contributed by atoms with Gasteiger partial charge >= 0.3 is 6.09 Å². The molecular weight excluding hydrogens is 450 g/mol. The summed E-state index contributed by atoms with van der Waals surface area (Å²) in [6.07, 6.45) is 3.88. The highest BCUT2D eigenvalue weighted by atomic mass is 16.6. The fourth-order valence-corrected chi connectivity index (χ4v) is 5.01. The van der Waals surface area contributed by atoms with E-state index in [1.54, 1.807) is 0 Å². The molecule has 0 unspecified atom stereocenters. The van der Waals surface area contributed by atoms with E-state index < -0.39 is 5.60 Å². The Balaban J connectivity index is 1.11. The van der Waals surface area contributed by atoms with Gasteiger partial charge in [0.25, 0.3) is 0 Å². The summed E-state index contributed by atoms with van der Waals surface area (Å²) >= 11 is 0. The first kappa shape index (κ1) is 24.2. The molecule has 2 aliphatic heterocycles. The third-order valence-electron chi connectivity index (χ3n) is 7.06. The molecule has 0 radical (unpaired) electrons. The van der Waals surface area contributed by atoms with Gasteiger partial charge in [0.05, 0.1) is 0 Å². The zero-order valence-electron chi connectivity index (χ0n) is 21.4. The number of rotatable bonds is 5. The third-order valence-corrected chi connectivity index (χ3v) is 7.06. The summed E-state index contributed by atoms with van der Waals surface area (Å²) in [5.74, 6) is 0.627. The average Bonchev–Trinajstić information content (AvgIpc) is 2.86. The summed E-state index contributed by atoms with van der Waals surface area (Å²) in [6.45, 7) is 9.90. The van der Waals surface area contributed by atoms with Crippen LogP contribution < -0.4 is 9.64 Å². The Morgan fingerprint density at radius 2 is 1.58 bits per heavy atom. The quantitative estimate of drug-likeness (QED) is 0.433. The maximum Gasteiger partial charge on any atom is 0.410 e. The fraction of sp³-hybridized carbons (Fsp3) is 0.400. The molecule has 0 aliphatic carbocycles. The van der Waals surface area contributed by atoms with Crippen molar-refractivity contribution < 1.29 is 14.3 Å². The van der Waals surface area contributed by atoms with Crippen LogP contribution in [0.3, 0.4) is 0 Å². The summed E-state index contributed by atoms with van der Waals surface area (Å²) in [7, 11) is 0. The summed E-state index contributed by atoms with van der Waals surface area (Å²) in [5, 5.41) is 0. The van der Waals surface area contributed by atoms with E-state index >= 15 is 0 Å². The second-order valence-corrected chi connectivity index (χ2v) is 11.0. The maximum atomic E-state index is 12.3. The van der Waals surface area contributed by atoms with Crippen molar-refractivity contribution in [2.24, 2.45) is 5.41 Å². The highest BCUT2D eigenvalue weighted by Crippen LogP contribution is 2.42. The van der Waals surface area contributed by atoms with Gasteiger partial charge in [-0.05, 0) is 62.9 Å². The zero-order valence-corrected chi connectivity index (χ0v) is 21.4. The number of nitrogens with zero attached hydrogens (tertiary/aromatic N) is 3. The van der Waals surface area contributed by atoms with E-state index in [4.69, 9.17) is 9.47 Å². The highest BCUT2D eigenvalue weighted by Gasteiger charge is 2.47. The Morgan fingerprint density at radius 3 is 2.19 bits per heavy atom. The lowest BCUT2D eigenvalue weighted by Crippen LogP contribution is -2.62. The molecule has 0 bridgehead atoms. The Bertz CT molecular complexity index is 1150. The lowest BCUT2D eigenvalue weighted by molar-refractivity contribution is -0.0434. The molecule has 2 saturated heterocycles. The van der Waals surface area contributed by atoms with Crippen LogP contribution in [0.25, 0.3) is 11.1 Å². The smallest absolute Gasteiger partial charge is 0.410 e. The number of ether oxygens (including phenoxy) is 2. The van der Waals surface area contributed by atoms with Crippen LogP contribution in [0.1, 0.15) is 39.2 Å². The molecule has 0 N–H and O–H groups in total. The fourth-order valence-electron chi connectivity index (χ4n) is 5.01. The standard InChI is InChI=1S/C30H35N3O3/c1-29(2,3)36-28(34)33-21-30(22-33)15-17-32(18-16-30)26-12-9-24(10-13-26)25-11-14-27(31-19-25)35-20-23-7-5-4-6-8-23/h4-14,19H,15-18,20-22H2,1-3H3. The Labute approximate surface area is 213 Å². The molecule has 2 aromatic carbocycles. The minimum Gasteiger partial charge on any atom is -0.473 e. The predicted molar refractivity (Wildman–Crippen MR) is 142 cm³/mol. The van der Waals surface area contributed by atoms with Crippen molar-refractivity contribution in [1.82, 2.24) is 9.88 Å². The first-order valence-electron chi connectivity index (χ1n) is 12.7. The minimum absolute atomic E-state index is 0.184. The van der Waals surface area contributed by atoms with Gasteiger partial charge in [-0.1, -0.05) is 42.5 Å². The van der Waals surface area contributed by atoms with Gasteiger partial charge in [0.15, 0.2) is 0 Å². The van der Waals surface area contributed by atoms with Crippen LogP contribution in [0.4, 0.5) is 10.5 Å². The SMILES string of the molecule is CC(C)(C)OC(=O)N1CC2(CCN(c3ccc(-c4ccc(OCc5ccccc5)nc4)cc3)CC2)C1. The molecule has 2 aliphatic rings. The van der Waals surface area contributed by atoms with Gasteiger partial charge < -0.3 is 19.3 Å². The van der Waals surface area contributed by atoms with Crippen LogP contribution in [0.2, 0.25) is 0 Å². The summed E-state index contributed by atoms with van der Waals surface area (Å²) in [5.41, 5.74) is 4.39. The number of anilines is 1. The third kappa shape index (κ3) is 5.64. The summed E-state index contributed by atoms with van der Waals surface area (Å²) in [6, 6.07) is 22.8. The van der Waals surface area contributed by atoms with E-state index in [1.807, 2.05) is 68.3 Å². The number of hydrogen-bond donors (Lipinski definition) is 0. The van der Waals surface area contributed by atoms with E-state index in [0.717, 1.165) is 55.7 Å². The minimum atomic E-state index is -0.441. The number of likely N-dealkylation sites (tertiary alicyclic amines) is 1. The number of hydrogen-bond acceptors (Lipinski definition) is 5. The number of benzene rings is 2. The molecule has 6 heteroatoms. The van der Waals surface area contributed by atoms with E-state index in [1.165, 1.54) is 5.69 Å². The molecule has 2 fully saturated rings. The molecule has 6 nitrogen and oxygen atoms in total. The van der Waals surface area contributed by atoms with Crippen molar-refractivity contribution in [3.63, 3.8) is 0 Å². The monoisotopic (exact) mass is 485 g/mol. The van der Waals surface area contributed by atoms with Crippen LogP contribution in [-0.4, -0.2) is 47.8 Å². The van der Waals surface area contributed by atoms with Gasteiger partial charge in [-0.3, -0.25) is 0 Å². The van der Waals surface area contributed by atoms with Crippen LogP contribution in [-0.2, 0) is 11.3 Å².